The fourth-order valence-corrected chi connectivity index (χ4v) is 3.25. The zero-order chi connectivity index (χ0) is 18.8. The van der Waals surface area contributed by atoms with Crippen LogP contribution in [-0.4, -0.2) is 48.3 Å². The van der Waals surface area contributed by atoms with Gasteiger partial charge in [-0.1, -0.05) is 13.8 Å². The quantitative estimate of drug-likeness (QED) is 0.682. The second-order valence-corrected chi connectivity index (χ2v) is 7.29. The lowest BCUT2D eigenvalue weighted by Gasteiger charge is -2.23. The van der Waals surface area contributed by atoms with E-state index >= 15 is 0 Å². The van der Waals surface area contributed by atoms with Gasteiger partial charge in [0.15, 0.2) is 5.65 Å². The molecule has 0 aromatic carbocycles. The fourth-order valence-electron chi connectivity index (χ4n) is 3.25. The Kier molecular flexibility index (Phi) is 4.93. The van der Waals surface area contributed by atoms with Crippen LogP contribution in [0.4, 0.5) is 5.95 Å². The Morgan fingerprint density at radius 1 is 1.37 bits per heavy atom. The van der Waals surface area contributed by atoms with Gasteiger partial charge in [-0.2, -0.15) is 19.6 Å². The maximum absolute atomic E-state index is 6.08. The molecule has 1 aliphatic rings. The highest BCUT2D eigenvalue weighted by atomic mass is 16.5. The first-order chi connectivity index (χ1) is 13.1. The van der Waals surface area contributed by atoms with Crippen molar-refractivity contribution in [3.8, 4) is 6.01 Å². The molecular formula is C18H26N8O. The van der Waals surface area contributed by atoms with Crippen molar-refractivity contribution in [1.29, 1.82) is 0 Å². The molecule has 27 heavy (non-hydrogen) atoms. The number of nitrogens with one attached hydrogen (secondary N) is 2. The number of imidazole rings is 1. The summed E-state index contributed by atoms with van der Waals surface area (Å²) in [5, 5.41) is 11.2. The van der Waals surface area contributed by atoms with E-state index in [1.807, 2.05) is 24.0 Å². The molecule has 144 valence electrons. The van der Waals surface area contributed by atoms with E-state index in [2.05, 4.69) is 44.5 Å². The van der Waals surface area contributed by atoms with Crippen molar-refractivity contribution < 1.29 is 4.74 Å². The molecule has 9 nitrogen and oxygen atoms in total. The van der Waals surface area contributed by atoms with Crippen molar-refractivity contribution >= 4 is 11.6 Å². The van der Waals surface area contributed by atoms with Gasteiger partial charge < -0.3 is 19.9 Å². The molecule has 4 rings (SSSR count). The summed E-state index contributed by atoms with van der Waals surface area (Å²) in [4.78, 5) is 13.6. The summed E-state index contributed by atoms with van der Waals surface area (Å²) in [5.41, 5.74) is 2.78. The first kappa shape index (κ1) is 17.7. The molecule has 2 N–H and O–H groups in total. The molecule has 0 bridgehead atoms. The van der Waals surface area contributed by atoms with E-state index in [4.69, 9.17) is 4.74 Å². The highest BCUT2D eigenvalue weighted by molar-refractivity contribution is 5.53. The Labute approximate surface area is 158 Å². The lowest BCUT2D eigenvalue weighted by Crippen LogP contribution is -2.37. The number of nitrogens with zero attached hydrogens (tertiary/aromatic N) is 6. The largest absolute Gasteiger partial charge is 0.459 e. The van der Waals surface area contributed by atoms with Crippen LogP contribution < -0.4 is 15.4 Å². The number of fused-ring (bicyclic) bond motifs is 1. The van der Waals surface area contributed by atoms with E-state index in [1.54, 1.807) is 10.8 Å². The summed E-state index contributed by atoms with van der Waals surface area (Å²) in [6.07, 6.45) is 7.80. The van der Waals surface area contributed by atoms with Gasteiger partial charge in [-0.15, -0.1) is 0 Å². The normalized spacial score (nSPS) is 17.6. The third-order valence-electron chi connectivity index (χ3n) is 4.71. The van der Waals surface area contributed by atoms with Gasteiger partial charge >= 0.3 is 6.01 Å². The third-order valence-corrected chi connectivity index (χ3v) is 4.71. The van der Waals surface area contributed by atoms with Gasteiger partial charge in [0, 0.05) is 25.4 Å². The van der Waals surface area contributed by atoms with Crippen LogP contribution >= 0.6 is 0 Å². The number of anilines is 1. The number of rotatable bonds is 6. The first-order valence-corrected chi connectivity index (χ1v) is 9.44. The number of hydrogen-bond donors (Lipinski definition) is 2. The van der Waals surface area contributed by atoms with Crippen LogP contribution in [-0.2, 0) is 13.6 Å². The van der Waals surface area contributed by atoms with Crippen molar-refractivity contribution in [1.82, 2.24) is 34.4 Å². The standard InChI is InChI=1S/C18H26N8O/c1-12(2)15-9-22-26-16(15)23-18(27-14-5-4-6-19-8-14)24-17(26)20-7-13-10-25(3)11-21-13/h9-12,14,19H,4-8H2,1-3H3,(H,20,23,24)/t14-/m1/s1. The van der Waals surface area contributed by atoms with Crippen molar-refractivity contribution in [3.05, 3.63) is 30.0 Å². The lowest BCUT2D eigenvalue weighted by atomic mass is 10.1. The average Bonchev–Trinajstić information content (AvgIpc) is 3.26. The summed E-state index contributed by atoms with van der Waals surface area (Å²) < 4.78 is 9.74. The van der Waals surface area contributed by atoms with Crippen LogP contribution in [0.15, 0.2) is 18.7 Å². The molecule has 0 amide bonds. The highest BCUT2D eigenvalue weighted by Crippen LogP contribution is 2.23. The Morgan fingerprint density at radius 3 is 2.96 bits per heavy atom. The van der Waals surface area contributed by atoms with Crippen molar-refractivity contribution in [3.63, 3.8) is 0 Å². The van der Waals surface area contributed by atoms with Gasteiger partial charge in [0.25, 0.3) is 0 Å². The molecule has 1 atom stereocenters. The first-order valence-electron chi connectivity index (χ1n) is 9.44. The molecule has 0 radical (unpaired) electrons. The summed E-state index contributed by atoms with van der Waals surface area (Å²) >= 11 is 0. The fraction of sp³-hybridized carbons (Fsp3) is 0.556. The molecule has 0 saturated carbocycles. The van der Waals surface area contributed by atoms with Crippen molar-refractivity contribution in [2.75, 3.05) is 18.4 Å². The predicted molar refractivity (Wildman–Crippen MR) is 102 cm³/mol. The number of piperidine rings is 1. The zero-order valence-corrected chi connectivity index (χ0v) is 16.0. The van der Waals surface area contributed by atoms with Gasteiger partial charge in [-0.05, 0) is 25.3 Å². The summed E-state index contributed by atoms with van der Waals surface area (Å²) in [6, 6.07) is 0.391. The van der Waals surface area contributed by atoms with Crippen LogP contribution in [0.2, 0.25) is 0 Å². The summed E-state index contributed by atoms with van der Waals surface area (Å²) in [6.45, 7) is 6.67. The van der Waals surface area contributed by atoms with Gasteiger partial charge in [-0.25, -0.2) is 4.98 Å². The Morgan fingerprint density at radius 2 is 2.26 bits per heavy atom. The molecular weight excluding hydrogens is 344 g/mol. The average molecular weight is 370 g/mol. The predicted octanol–water partition coefficient (Wildman–Crippen LogP) is 1.72. The SMILES string of the molecule is CC(C)c1cnn2c(NCc3cn(C)cn3)nc(O[C@@H]3CCCNC3)nc12. The van der Waals surface area contributed by atoms with Gasteiger partial charge in [0.1, 0.15) is 6.10 Å². The smallest absolute Gasteiger partial charge is 0.322 e. The van der Waals surface area contributed by atoms with Crippen LogP contribution in [0.25, 0.3) is 5.65 Å². The van der Waals surface area contributed by atoms with E-state index in [0.29, 0.717) is 24.4 Å². The Balaban J connectivity index is 1.64. The molecule has 3 aromatic heterocycles. The van der Waals surface area contributed by atoms with Crippen LogP contribution in [0.3, 0.4) is 0 Å². The van der Waals surface area contributed by atoms with E-state index in [0.717, 1.165) is 42.8 Å². The lowest BCUT2D eigenvalue weighted by molar-refractivity contribution is 0.153. The number of aryl methyl sites for hydroxylation is 1. The third kappa shape index (κ3) is 3.87. The second-order valence-electron chi connectivity index (χ2n) is 7.29. The molecule has 0 aliphatic carbocycles. The van der Waals surface area contributed by atoms with Crippen LogP contribution in [0.1, 0.15) is 43.9 Å². The minimum atomic E-state index is 0.0928. The number of aromatic nitrogens is 6. The van der Waals surface area contributed by atoms with E-state index in [1.165, 1.54) is 0 Å². The van der Waals surface area contributed by atoms with Crippen LogP contribution in [0.5, 0.6) is 6.01 Å². The topological polar surface area (TPSA) is 94.2 Å². The molecule has 0 spiro atoms. The van der Waals surface area contributed by atoms with Gasteiger partial charge in [-0.3, -0.25) is 0 Å². The molecule has 1 aliphatic heterocycles. The number of hydrogen-bond acceptors (Lipinski definition) is 7. The maximum atomic E-state index is 6.08. The molecule has 4 heterocycles. The Bertz CT molecular complexity index is 909. The van der Waals surface area contributed by atoms with E-state index < -0.39 is 0 Å². The maximum Gasteiger partial charge on any atom is 0.322 e. The van der Waals surface area contributed by atoms with Gasteiger partial charge in [0.2, 0.25) is 5.95 Å². The molecule has 1 fully saturated rings. The molecule has 0 unspecified atom stereocenters. The molecule has 3 aromatic rings. The van der Waals surface area contributed by atoms with E-state index in [9.17, 15) is 0 Å². The van der Waals surface area contributed by atoms with Crippen LogP contribution in [0, 0.1) is 0 Å². The summed E-state index contributed by atoms with van der Waals surface area (Å²) in [7, 11) is 1.95. The van der Waals surface area contributed by atoms with E-state index in [-0.39, 0.29) is 6.10 Å². The minimum absolute atomic E-state index is 0.0928. The zero-order valence-electron chi connectivity index (χ0n) is 16.0. The van der Waals surface area contributed by atoms with Crippen molar-refractivity contribution in [2.24, 2.45) is 7.05 Å². The monoisotopic (exact) mass is 370 g/mol. The minimum Gasteiger partial charge on any atom is -0.459 e. The second kappa shape index (κ2) is 7.51. The highest BCUT2D eigenvalue weighted by Gasteiger charge is 2.20. The van der Waals surface area contributed by atoms with Crippen molar-refractivity contribution in [2.45, 2.75) is 45.3 Å². The number of ether oxygens (including phenoxy) is 1. The van der Waals surface area contributed by atoms with Gasteiger partial charge in [0.05, 0.1) is 24.8 Å². The molecule has 1 saturated heterocycles. The Hall–Kier alpha value is -2.68. The summed E-state index contributed by atoms with van der Waals surface area (Å²) in [5.74, 6) is 0.918. The molecule has 9 heteroatoms.